The molecular formula is C26H20ClFN2O4. The zero-order valence-corrected chi connectivity index (χ0v) is 18.9. The second-order valence-corrected chi connectivity index (χ2v) is 8.59. The van der Waals surface area contributed by atoms with Crippen molar-refractivity contribution in [1.82, 2.24) is 0 Å². The third-order valence-corrected chi connectivity index (χ3v) is 6.31. The number of hydrogen-bond donors (Lipinski definition) is 1. The van der Waals surface area contributed by atoms with E-state index in [1.165, 1.54) is 29.2 Å². The highest BCUT2D eigenvalue weighted by molar-refractivity contribution is 6.51. The number of benzene rings is 3. The van der Waals surface area contributed by atoms with E-state index < -0.39 is 23.5 Å². The fourth-order valence-electron chi connectivity index (χ4n) is 4.31. The van der Waals surface area contributed by atoms with Crippen LogP contribution in [0.2, 0.25) is 5.02 Å². The Balaban J connectivity index is 1.69. The lowest BCUT2D eigenvalue weighted by Gasteiger charge is -2.28. The standard InChI is InChI=1S/C26H20ClFN2O4/c1-29-12-13-34-21-11-4-16(14-20(21)29)24(31)22-23(15-2-5-17(27)6-3-15)30(26(33)25(22)32)19-9-7-18(28)8-10-19/h2-11,14,23,31H,12-13H2,1H3/b24-22-. The second kappa shape index (κ2) is 8.50. The third-order valence-electron chi connectivity index (χ3n) is 6.06. The Morgan fingerprint density at radius 1 is 1.06 bits per heavy atom. The summed E-state index contributed by atoms with van der Waals surface area (Å²) < 4.78 is 19.2. The van der Waals surface area contributed by atoms with Crippen molar-refractivity contribution >= 4 is 40.4 Å². The monoisotopic (exact) mass is 478 g/mol. The summed E-state index contributed by atoms with van der Waals surface area (Å²) in [6.45, 7) is 1.23. The summed E-state index contributed by atoms with van der Waals surface area (Å²) in [6, 6.07) is 16.1. The van der Waals surface area contributed by atoms with Gasteiger partial charge in [-0.1, -0.05) is 23.7 Å². The number of ketones is 1. The van der Waals surface area contributed by atoms with E-state index in [2.05, 4.69) is 0 Å². The number of Topliss-reactive ketones (excluding diaryl/α,β-unsaturated/α-hetero) is 1. The van der Waals surface area contributed by atoms with E-state index in [4.69, 9.17) is 16.3 Å². The molecule has 8 heteroatoms. The molecule has 5 rings (SSSR count). The molecule has 1 fully saturated rings. The number of nitrogens with zero attached hydrogens (tertiary/aromatic N) is 2. The lowest BCUT2D eigenvalue weighted by atomic mass is 9.95. The van der Waals surface area contributed by atoms with Gasteiger partial charge in [-0.25, -0.2) is 4.39 Å². The van der Waals surface area contributed by atoms with Gasteiger partial charge in [0.25, 0.3) is 11.7 Å². The van der Waals surface area contributed by atoms with Crippen LogP contribution in [0.1, 0.15) is 17.2 Å². The van der Waals surface area contributed by atoms with E-state index in [0.29, 0.717) is 40.7 Å². The molecule has 0 saturated carbocycles. The smallest absolute Gasteiger partial charge is 0.300 e. The number of amides is 1. The number of fused-ring (bicyclic) bond motifs is 1. The Morgan fingerprint density at radius 3 is 2.47 bits per heavy atom. The van der Waals surface area contributed by atoms with Crippen molar-refractivity contribution in [3.8, 4) is 5.75 Å². The number of hydrogen-bond acceptors (Lipinski definition) is 5. The quantitative estimate of drug-likeness (QED) is 0.328. The van der Waals surface area contributed by atoms with Crippen LogP contribution in [0.5, 0.6) is 5.75 Å². The van der Waals surface area contributed by atoms with E-state index in [1.54, 1.807) is 42.5 Å². The average Bonchev–Trinajstić information content (AvgIpc) is 3.10. The normalized spacial score (nSPS) is 19.2. The number of ether oxygens (including phenoxy) is 1. The summed E-state index contributed by atoms with van der Waals surface area (Å²) in [5.74, 6) is -1.74. The predicted molar refractivity (Wildman–Crippen MR) is 128 cm³/mol. The first-order valence-corrected chi connectivity index (χ1v) is 11.0. The Labute approximate surface area is 200 Å². The van der Waals surface area contributed by atoms with Crippen molar-refractivity contribution < 1.29 is 23.8 Å². The maximum absolute atomic E-state index is 13.6. The number of anilines is 2. The van der Waals surface area contributed by atoms with Crippen molar-refractivity contribution in [2.24, 2.45) is 0 Å². The number of halogens is 2. The van der Waals surface area contributed by atoms with E-state index in [9.17, 15) is 19.1 Å². The van der Waals surface area contributed by atoms with Crippen LogP contribution < -0.4 is 14.5 Å². The highest BCUT2D eigenvalue weighted by Gasteiger charge is 2.47. The molecule has 1 saturated heterocycles. The van der Waals surface area contributed by atoms with Gasteiger partial charge in [0.05, 0.1) is 23.8 Å². The minimum atomic E-state index is -0.923. The maximum Gasteiger partial charge on any atom is 0.300 e. The van der Waals surface area contributed by atoms with Crippen molar-refractivity contribution in [2.75, 3.05) is 30.0 Å². The fourth-order valence-corrected chi connectivity index (χ4v) is 4.44. The van der Waals surface area contributed by atoms with Crippen molar-refractivity contribution in [1.29, 1.82) is 0 Å². The number of carbonyl (C=O) groups excluding carboxylic acids is 2. The Kier molecular flexibility index (Phi) is 5.49. The first-order chi connectivity index (χ1) is 16.3. The molecule has 0 aromatic heterocycles. The molecule has 0 radical (unpaired) electrons. The molecule has 0 aliphatic carbocycles. The SMILES string of the molecule is CN1CCOc2ccc(/C(O)=C3/C(=O)C(=O)N(c4ccc(F)cc4)C3c3ccc(Cl)cc3)cc21. The highest BCUT2D eigenvalue weighted by Crippen LogP contribution is 2.43. The summed E-state index contributed by atoms with van der Waals surface area (Å²) in [5.41, 5.74) is 2.00. The van der Waals surface area contributed by atoms with Crippen molar-refractivity contribution in [2.45, 2.75) is 6.04 Å². The summed E-state index contributed by atoms with van der Waals surface area (Å²) in [7, 11) is 1.91. The van der Waals surface area contributed by atoms with Crippen LogP contribution in [0.25, 0.3) is 5.76 Å². The van der Waals surface area contributed by atoms with E-state index >= 15 is 0 Å². The van der Waals surface area contributed by atoms with Gasteiger partial charge in [0.2, 0.25) is 0 Å². The van der Waals surface area contributed by atoms with Gasteiger partial charge in [-0.2, -0.15) is 0 Å². The molecule has 2 aliphatic heterocycles. The van der Waals surface area contributed by atoms with Crippen molar-refractivity contribution in [3.05, 3.63) is 94.3 Å². The molecule has 1 N–H and O–H groups in total. The van der Waals surface area contributed by atoms with Gasteiger partial charge in [0, 0.05) is 23.3 Å². The van der Waals surface area contributed by atoms with Gasteiger partial charge in [-0.3, -0.25) is 14.5 Å². The number of carbonyl (C=O) groups is 2. The summed E-state index contributed by atoms with van der Waals surface area (Å²) in [6.07, 6.45) is 0. The predicted octanol–water partition coefficient (Wildman–Crippen LogP) is 4.93. The Hall–Kier alpha value is -3.84. The molecule has 0 spiro atoms. The molecule has 2 aliphatic rings. The summed E-state index contributed by atoms with van der Waals surface area (Å²) in [5, 5.41) is 11.8. The number of aliphatic hydroxyl groups excluding tert-OH is 1. The minimum Gasteiger partial charge on any atom is -0.507 e. The number of likely N-dealkylation sites (N-methyl/N-ethyl adjacent to an activating group) is 1. The van der Waals surface area contributed by atoms with Gasteiger partial charge in [0.1, 0.15) is 23.9 Å². The van der Waals surface area contributed by atoms with Crippen LogP contribution in [0.15, 0.2) is 72.3 Å². The van der Waals surface area contributed by atoms with E-state index in [1.807, 2.05) is 11.9 Å². The van der Waals surface area contributed by atoms with Crippen LogP contribution in [0, 0.1) is 5.82 Å². The molecule has 0 bridgehead atoms. The van der Waals surface area contributed by atoms with Crippen LogP contribution >= 0.6 is 11.6 Å². The van der Waals surface area contributed by atoms with E-state index in [-0.39, 0.29) is 11.3 Å². The first kappa shape index (κ1) is 22.0. The number of rotatable bonds is 3. The molecule has 6 nitrogen and oxygen atoms in total. The maximum atomic E-state index is 13.6. The third kappa shape index (κ3) is 3.68. The first-order valence-electron chi connectivity index (χ1n) is 10.7. The molecule has 2 heterocycles. The molecule has 3 aromatic carbocycles. The van der Waals surface area contributed by atoms with Crippen molar-refractivity contribution in [3.63, 3.8) is 0 Å². The van der Waals surface area contributed by atoms with Gasteiger partial charge >= 0.3 is 0 Å². The zero-order valence-electron chi connectivity index (χ0n) is 18.2. The fraction of sp³-hybridized carbons (Fsp3) is 0.154. The molecular weight excluding hydrogens is 459 g/mol. The van der Waals surface area contributed by atoms with Crippen LogP contribution in [-0.2, 0) is 9.59 Å². The van der Waals surface area contributed by atoms with Gasteiger partial charge < -0.3 is 14.7 Å². The molecule has 3 aromatic rings. The zero-order chi connectivity index (χ0) is 24.0. The summed E-state index contributed by atoms with van der Waals surface area (Å²) in [4.78, 5) is 29.6. The Bertz CT molecular complexity index is 1320. The van der Waals surface area contributed by atoms with Crippen LogP contribution in [0.4, 0.5) is 15.8 Å². The second-order valence-electron chi connectivity index (χ2n) is 8.15. The van der Waals surface area contributed by atoms with Gasteiger partial charge in [0.15, 0.2) is 0 Å². The average molecular weight is 479 g/mol. The molecule has 1 unspecified atom stereocenters. The lowest BCUT2D eigenvalue weighted by Crippen LogP contribution is -2.29. The summed E-state index contributed by atoms with van der Waals surface area (Å²) >= 11 is 6.06. The van der Waals surface area contributed by atoms with Gasteiger partial charge in [-0.15, -0.1) is 0 Å². The highest BCUT2D eigenvalue weighted by atomic mass is 35.5. The molecule has 1 amide bonds. The lowest BCUT2D eigenvalue weighted by molar-refractivity contribution is -0.132. The van der Waals surface area contributed by atoms with E-state index in [0.717, 1.165) is 5.69 Å². The van der Waals surface area contributed by atoms with Crippen LogP contribution in [0.3, 0.4) is 0 Å². The largest absolute Gasteiger partial charge is 0.507 e. The van der Waals surface area contributed by atoms with Gasteiger partial charge in [-0.05, 0) is 60.2 Å². The molecule has 1 atom stereocenters. The van der Waals surface area contributed by atoms with Crippen LogP contribution in [-0.4, -0.2) is 37.0 Å². The molecule has 34 heavy (non-hydrogen) atoms. The minimum absolute atomic E-state index is 0.0593. The topological polar surface area (TPSA) is 70.1 Å². The number of aliphatic hydroxyl groups is 1. The molecule has 172 valence electrons. The Morgan fingerprint density at radius 2 is 1.76 bits per heavy atom.